The molecule has 1 aliphatic rings. The van der Waals surface area contributed by atoms with Gasteiger partial charge in [0.25, 0.3) is 0 Å². The zero-order valence-electron chi connectivity index (χ0n) is 19.4. The van der Waals surface area contributed by atoms with E-state index in [2.05, 4.69) is 0 Å². The molecule has 0 bridgehead atoms. The predicted octanol–water partition coefficient (Wildman–Crippen LogP) is 6.73. The fourth-order valence-electron chi connectivity index (χ4n) is 3.48. The maximum Gasteiger partial charge on any atom is 2.00 e. The maximum atomic E-state index is 13.2. The van der Waals surface area contributed by atoms with Crippen LogP contribution in [0, 0.1) is 0 Å². The first kappa shape index (κ1) is 23.2. The van der Waals surface area contributed by atoms with E-state index in [1.165, 1.54) is 12.1 Å². The molecule has 0 atom stereocenters. The summed E-state index contributed by atoms with van der Waals surface area (Å²) in [7, 11) is 0. The van der Waals surface area contributed by atoms with Crippen LogP contribution >= 0.6 is 0 Å². The molecule has 6 heteroatoms. The fraction of sp³-hybridized carbons (Fsp3) is 0.200. The molecular weight excluding hydrogens is 414 g/mol. The third kappa shape index (κ3) is 5.43. The van der Waals surface area contributed by atoms with E-state index in [-0.39, 0.29) is 25.9 Å². The van der Waals surface area contributed by atoms with Crippen LogP contribution in [0.4, 0.5) is 13.2 Å². The van der Waals surface area contributed by atoms with Crippen molar-refractivity contribution in [2.75, 3.05) is 0 Å². The van der Waals surface area contributed by atoms with E-state index >= 15 is 0 Å². The Morgan fingerprint density at radius 3 is 2.39 bits per heavy atom. The average molecular weight is 437 g/mol. The quantitative estimate of drug-likeness (QED) is 0.422. The summed E-state index contributed by atoms with van der Waals surface area (Å²) in [4.78, 5) is 0. The van der Waals surface area contributed by atoms with Crippen LogP contribution in [0.25, 0.3) is 5.57 Å². The Hall–Kier alpha value is -2.44. The van der Waals surface area contributed by atoms with E-state index in [1.807, 2.05) is 62.4 Å². The zero-order valence-corrected chi connectivity index (χ0v) is 18.8. The molecule has 0 radical (unpaired) electrons. The van der Waals surface area contributed by atoms with E-state index in [1.54, 1.807) is 12.1 Å². The van der Waals surface area contributed by atoms with Crippen molar-refractivity contribution in [1.29, 1.82) is 0 Å². The van der Waals surface area contributed by atoms with Crippen molar-refractivity contribution in [2.24, 2.45) is 0 Å². The Morgan fingerprint density at radius 1 is 0.935 bits per heavy atom. The third-order valence-corrected chi connectivity index (χ3v) is 4.86. The molecule has 3 aromatic carbocycles. The van der Waals surface area contributed by atoms with Crippen LogP contribution in [-0.4, -0.2) is 28.7 Å². The second kappa shape index (κ2) is 8.97. The van der Waals surface area contributed by atoms with Crippen molar-refractivity contribution in [1.82, 2.24) is 0 Å². The SMILES string of the molecule is CC1(C)C=C(c2cccc(C(F)(F)F)c2)c2ccc(OCc3ccccc3)cc2O1.[H-].[H-].[Mg+2]. The van der Waals surface area contributed by atoms with Crippen LogP contribution < -0.4 is 9.47 Å². The molecule has 0 aliphatic carbocycles. The first-order valence-corrected chi connectivity index (χ1v) is 9.62. The summed E-state index contributed by atoms with van der Waals surface area (Å²) in [6.07, 6.45) is -2.54. The van der Waals surface area contributed by atoms with Crippen molar-refractivity contribution in [3.63, 3.8) is 0 Å². The van der Waals surface area contributed by atoms with Gasteiger partial charge in [0, 0.05) is 11.6 Å². The molecule has 0 saturated carbocycles. The van der Waals surface area contributed by atoms with Crippen LogP contribution in [0.2, 0.25) is 0 Å². The molecule has 31 heavy (non-hydrogen) atoms. The molecule has 158 valence electrons. The van der Waals surface area contributed by atoms with Gasteiger partial charge in [0.05, 0.1) is 5.56 Å². The number of benzene rings is 3. The minimum atomic E-state index is -4.39. The van der Waals surface area contributed by atoms with Gasteiger partial charge in [-0.3, -0.25) is 0 Å². The van der Waals surface area contributed by atoms with Crippen molar-refractivity contribution >= 4 is 28.6 Å². The summed E-state index contributed by atoms with van der Waals surface area (Å²) in [6, 6.07) is 20.6. The Kier molecular flexibility index (Phi) is 6.72. The van der Waals surface area contributed by atoms with Gasteiger partial charge in [0.1, 0.15) is 23.7 Å². The van der Waals surface area contributed by atoms with Gasteiger partial charge in [0.15, 0.2) is 0 Å². The minimum absolute atomic E-state index is 0. The van der Waals surface area contributed by atoms with Crippen LogP contribution in [0.5, 0.6) is 11.5 Å². The van der Waals surface area contributed by atoms with Crippen LogP contribution in [0.15, 0.2) is 78.9 Å². The summed E-state index contributed by atoms with van der Waals surface area (Å²) < 4.78 is 51.6. The normalized spacial score (nSPS) is 14.5. The standard InChI is InChI=1S/C25H21F3O2.Mg.2H/c1-24(2)15-22(18-9-6-10-19(13-18)25(26,27)28)21-12-11-20(14-23(21)30-24)29-16-17-7-4-3-5-8-17;;;/h3-15H,16H2,1-2H3;;;/q;+2;2*-1. The molecule has 3 aromatic rings. The number of rotatable bonds is 4. The summed E-state index contributed by atoms with van der Waals surface area (Å²) in [5.41, 5.74) is 1.65. The average Bonchev–Trinajstić information content (AvgIpc) is 2.71. The second-order valence-electron chi connectivity index (χ2n) is 7.77. The van der Waals surface area contributed by atoms with E-state index < -0.39 is 17.3 Å². The maximum absolute atomic E-state index is 13.2. The Morgan fingerprint density at radius 2 is 1.68 bits per heavy atom. The van der Waals surface area contributed by atoms with Crippen LogP contribution in [0.3, 0.4) is 0 Å². The summed E-state index contributed by atoms with van der Waals surface area (Å²) >= 11 is 0. The van der Waals surface area contributed by atoms with Crippen molar-refractivity contribution < 1.29 is 25.5 Å². The molecule has 0 saturated heterocycles. The molecule has 0 fully saturated rings. The molecule has 0 N–H and O–H groups in total. The monoisotopic (exact) mass is 436 g/mol. The number of halogens is 3. The molecule has 0 unspecified atom stereocenters. The summed E-state index contributed by atoms with van der Waals surface area (Å²) in [6.45, 7) is 4.17. The van der Waals surface area contributed by atoms with Crippen molar-refractivity contribution in [2.45, 2.75) is 32.2 Å². The van der Waals surface area contributed by atoms with E-state index in [4.69, 9.17) is 9.47 Å². The first-order chi connectivity index (χ1) is 14.2. The van der Waals surface area contributed by atoms with Gasteiger partial charge >= 0.3 is 29.2 Å². The van der Waals surface area contributed by atoms with E-state index in [0.717, 1.165) is 17.2 Å². The molecule has 1 aliphatic heterocycles. The number of ether oxygens (including phenoxy) is 2. The fourth-order valence-corrected chi connectivity index (χ4v) is 3.48. The van der Waals surface area contributed by atoms with Gasteiger partial charge in [-0.05, 0) is 60.9 Å². The van der Waals surface area contributed by atoms with Crippen molar-refractivity contribution in [3.05, 3.63) is 101 Å². The number of hydrogen-bond acceptors (Lipinski definition) is 2. The summed E-state index contributed by atoms with van der Waals surface area (Å²) in [5, 5.41) is 0. The predicted molar refractivity (Wildman–Crippen MR) is 118 cm³/mol. The van der Waals surface area contributed by atoms with Gasteiger partial charge in [-0.15, -0.1) is 0 Å². The molecule has 4 rings (SSSR count). The van der Waals surface area contributed by atoms with Gasteiger partial charge < -0.3 is 12.3 Å². The Labute approximate surface area is 198 Å². The number of alkyl halides is 3. The zero-order chi connectivity index (χ0) is 21.4. The molecule has 0 amide bonds. The third-order valence-electron chi connectivity index (χ3n) is 4.86. The smallest absolute Gasteiger partial charge is 1.00 e. The van der Waals surface area contributed by atoms with Gasteiger partial charge in [-0.1, -0.05) is 42.5 Å². The number of fused-ring (bicyclic) bond motifs is 1. The topological polar surface area (TPSA) is 18.5 Å². The largest absolute Gasteiger partial charge is 2.00 e. The molecular formula is C25H23F3MgO2. The van der Waals surface area contributed by atoms with Crippen LogP contribution in [0.1, 0.15) is 39.0 Å². The Balaban J connectivity index is 0.00000181. The van der Waals surface area contributed by atoms with E-state index in [9.17, 15) is 13.2 Å². The van der Waals surface area contributed by atoms with Gasteiger partial charge in [0.2, 0.25) is 0 Å². The molecule has 2 nitrogen and oxygen atoms in total. The van der Waals surface area contributed by atoms with Crippen LogP contribution in [-0.2, 0) is 12.8 Å². The minimum Gasteiger partial charge on any atom is -1.00 e. The second-order valence-corrected chi connectivity index (χ2v) is 7.77. The molecule has 0 aromatic heterocycles. The Bertz CT molecular complexity index is 1100. The van der Waals surface area contributed by atoms with Gasteiger partial charge in [-0.2, -0.15) is 13.2 Å². The van der Waals surface area contributed by atoms with Gasteiger partial charge in [-0.25, -0.2) is 0 Å². The molecule has 0 spiro atoms. The molecule has 1 heterocycles. The number of hydrogen-bond donors (Lipinski definition) is 0. The van der Waals surface area contributed by atoms with Crippen molar-refractivity contribution in [3.8, 4) is 11.5 Å². The first-order valence-electron chi connectivity index (χ1n) is 9.62. The van der Waals surface area contributed by atoms with E-state index in [0.29, 0.717) is 29.2 Å². The summed E-state index contributed by atoms with van der Waals surface area (Å²) in [5.74, 6) is 1.22.